The zero-order valence-corrected chi connectivity index (χ0v) is 24.5. The number of hydrogen-bond acceptors (Lipinski definition) is 6. The van der Waals surface area contributed by atoms with Crippen molar-refractivity contribution in [2.24, 2.45) is 5.92 Å². The number of aromatic nitrogens is 1. The van der Waals surface area contributed by atoms with Crippen molar-refractivity contribution in [2.75, 3.05) is 40.3 Å². The highest BCUT2D eigenvalue weighted by Crippen LogP contribution is 2.34. The van der Waals surface area contributed by atoms with Gasteiger partial charge in [-0.1, -0.05) is 43.5 Å². The molecular formula is C31H39N5O3S. The third-order valence-corrected chi connectivity index (χ3v) is 9.17. The molecule has 40 heavy (non-hydrogen) atoms. The minimum absolute atomic E-state index is 0.0222. The Morgan fingerprint density at radius 3 is 2.58 bits per heavy atom. The summed E-state index contributed by atoms with van der Waals surface area (Å²) in [6.07, 6.45) is 5.98. The van der Waals surface area contributed by atoms with E-state index in [4.69, 9.17) is 4.98 Å². The maximum Gasteiger partial charge on any atom is 0.252 e. The lowest BCUT2D eigenvalue weighted by molar-refractivity contribution is -0.139. The van der Waals surface area contributed by atoms with Crippen LogP contribution in [0.1, 0.15) is 54.9 Å². The monoisotopic (exact) mass is 561 g/mol. The molecule has 3 aromatic rings. The van der Waals surface area contributed by atoms with E-state index in [1.807, 2.05) is 46.7 Å². The average Bonchev–Trinajstić information content (AvgIpc) is 3.49. The number of nitrogens with zero attached hydrogens (tertiary/aromatic N) is 4. The summed E-state index contributed by atoms with van der Waals surface area (Å²) in [7, 11) is 3.45. The zero-order chi connectivity index (χ0) is 28.2. The first-order chi connectivity index (χ1) is 19.3. The Kier molecular flexibility index (Phi) is 8.81. The van der Waals surface area contributed by atoms with Crippen LogP contribution in [0.2, 0.25) is 0 Å². The first-order valence-corrected chi connectivity index (χ1v) is 15.2. The molecule has 0 radical (unpaired) electrons. The number of amides is 3. The minimum atomic E-state index is -0.104. The molecular weight excluding hydrogens is 522 g/mol. The fourth-order valence-corrected chi connectivity index (χ4v) is 6.64. The number of piperazine rings is 1. The molecule has 3 heterocycles. The number of carbonyl (C=O) groups is 3. The van der Waals surface area contributed by atoms with Crippen LogP contribution in [0.4, 0.5) is 0 Å². The highest BCUT2D eigenvalue weighted by atomic mass is 32.1. The smallest absolute Gasteiger partial charge is 0.252 e. The molecule has 2 fully saturated rings. The van der Waals surface area contributed by atoms with Gasteiger partial charge in [-0.15, -0.1) is 11.3 Å². The van der Waals surface area contributed by atoms with E-state index in [1.165, 1.54) is 19.3 Å². The maximum absolute atomic E-state index is 14.1. The van der Waals surface area contributed by atoms with Gasteiger partial charge in [0.2, 0.25) is 11.8 Å². The molecule has 1 aliphatic heterocycles. The molecule has 1 saturated carbocycles. The largest absolute Gasteiger partial charge is 0.349 e. The molecule has 0 spiro atoms. The summed E-state index contributed by atoms with van der Waals surface area (Å²) in [5.74, 6) is 0.300. The van der Waals surface area contributed by atoms with E-state index < -0.39 is 0 Å². The molecule has 2 aromatic heterocycles. The van der Waals surface area contributed by atoms with Gasteiger partial charge >= 0.3 is 0 Å². The van der Waals surface area contributed by atoms with E-state index in [-0.39, 0.29) is 36.9 Å². The predicted octanol–water partition coefficient (Wildman–Crippen LogP) is 4.39. The van der Waals surface area contributed by atoms with E-state index in [9.17, 15) is 14.4 Å². The second-order valence-corrected chi connectivity index (χ2v) is 12.2. The Labute approximate surface area is 240 Å². The Hall–Kier alpha value is -3.30. The van der Waals surface area contributed by atoms with Crippen LogP contribution in [-0.4, -0.2) is 83.7 Å². The molecule has 1 aromatic carbocycles. The Morgan fingerprint density at radius 2 is 1.88 bits per heavy atom. The second kappa shape index (κ2) is 12.5. The predicted molar refractivity (Wildman–Crippen MR) is 159 cm³/mol. The number of benzene rings is 1. The van der Waals surface area contributed by atoms with Gasteiger partial charge in [0.1, 0.15) is 0 Å². The SMILES string of the molecule is C[C@H](NC(=O)c1c(CN2CCN(CC(=O)N(C)C)CC2=O)c(-c2cccs2)nc2ccccc12)C1CCCCC1. The molecule has 5 rings (SSSR count). The summed E-state index contributed by atoms with van der Waals surface area (Å²) in [5, 5.41) is 6.15. The van der Waals surface area contributed by atoms with Crippen LogP contribution in [0.5, 0.6) is 0 Å². The summed E-state index contributed by atoms with van der Waals surface area (Å²) in [4.78, 5) is 50.9. The van der Waals surface area contributed by atoms with Crippen LogP contribution < -0.4 is 5.32 Å². The lowest BCUT2D eigenvalue weighted by Crippen LogP contribution is -2.52. The third-order valence-electron chi connectivity index (χ3n) is 8.29. The lowest BCUT2D eigenvalue weighted by atomic mass is 9.84. The number of nitrogens with one attached hydrogen (secondary N) is 1. The van der Waals surface area contributed by atoms with Gasteiger partial charge in [-0.3, -0.25) is 19.3 Å². The fourth-order valence-electron chi connectivity index (χ4n) is 5.90. The number of carbonyl (C=O) groups excluding carboxylic acids is 3. The summed E-state index contributed by atoms with van der Waals surface area (Å²) in [6.45, 7) is 3.89. The molecule has 1 aliphatic carbocycles. The molecule has 8 nitrogen and oxygen atoms in total. The molecule has 9 heteroatoms. The number of likely N-dealkylation sites (N-methyl/N-ethyl adjacent to an activating group) is 1. The van der Waals surface area contributed by atoms with Gasteiger partial charge < -0.3 is 15.1 Å². The molecule has 0 bridgehead atoms. The van der Waals surface area contributed by atoms with Crippen molar-refractivity contribution >= 4 is 40.0 Å². The molecule has 3 amide bonds. The maximum atomic E-state index is 14.1. The Balaban J connectivity index is 1.49. The van der Waals surface area contributed by atoms with Crippen molar-refractivity contribution in [3.8, 4) is 10.6 Å². The van der Waals surface area contributed by atoms with Crippen LogP contribution in [0.3, 0.4) is 0 Å². The first-order valence-electron chi connectivity index (χ1n) is 14.3. The molecule has 1 atom stereocenters. The van der Waals surface area contributed by atoms with Gasteiger partial charge in [0.05, 0.1) is 34.7 Å². The number of pyridine rings is 1. The van der Waals surface area contributed by atoms with E-state index in [2.05, 4.69) is 12.2 Å². The number of rotatable bonds is 8. The van der Waals surface area contributed by atoms with Crippen LogP contribution >= 0.6 is 11.3 Å². The first kappa shape index (κ1) is 28.2. The van der Waals surface area contributed by atoms with Crippen molar-refractivity contribution in [1.29, 1.82) is 0 Å². The van der Waals surface area contributed by atoms with E-state index in [1.54, 1.807) is 35.2 Å². The van der Waals surface area contributed by atoms with Gasteiger partial charge in [-0.25, -0.2) is 4.98 Å². The van der Waals surface area contributed by atoms with Crippen molar-refractivity contribution < 1.29 is 14.4 Å². The van der Waals surface area contributed by atoms with E-state index in [0.717, 1.165) is 39.9 Å². The molecule has 0 unspecified atom stereocenters. The van der Waals surface area contributed by atoms with Crippen molar-refractivity contribution in [2.45, 2.75) is 51.6 Å². The summed E-state index contributed by atoms with van der Waals surface area (Å²) in [6, 6.07) is 11.8. The number of fused-ring (bicyclic) bond motifs is 1. The van der Waals surface area contributed by atoms with Crippen LogP contribution in [0.15, 0.2) is 41.8 Å². The van der Waals surface area contributed by atoms with Gasteiger partial charge in [-0.05, 0) is 43.2 Å². The fraction of sp³-hybridized carbons (Fsp3) is 0.484. The van der Waals surface area contributed by atoms with Gasteiger partial charge in [0.25, 0.3) is 5.91 Å². The molecule has 1 saturated heterocycles. The molecule has 212 valence electrons. The highest BCUT2D eigenvalue weighted by molar-refractivity contribution is 7.13. The topological polar surface area (TPSA) is 85.9 Å². The molecule has 2 aliphatic rings. The normalized spacial score (nSPS) is 17.7. The van der Waals surface area contributed by atoms with Gasteiger partial charge in [0.15, 0.2) is 0 Å². The average molecular weight is 562 g/mol. The Morgan fingerprint density at radius 1 is 1.10 bits per heavy atom. The quantitative estimate of drug-likeness (QED) is 0.441. The zero-order valence-electron chi connectivity index (χ0n) is 23.7. The summed E-state index contributed by atoms with van der Waals surface area (Å²) in [5.41, 5.74) is 2.90. The van der Waals surface area contributed by atoms with E-state index >= 15 is 0 Å². The third kappa shape index (κ3) is 6.20. The van der Waals surface area contributed by atoms with Crippen LogP contribution in [-0.2, 0) is 16.1 Å². The minimum Gasteiger partial charge on any atom is -0.349 e. The van der Waals surface area contributed by atoms with E-state index in [0.29, 0.717) is 31.1 Å². The summed E-state index contributed by atoms with van der Waals surface area (Å²) < 4.78 is 0. The van der Waals surface area contributed by atoms with Crippen LogP contribution in [0, 0.1) is 5.92 Å². The second-order valence-electron chi connectivity index (χ2n) is 11.3. The number of para-hydroxylation sites is 1. The van der Waals surface area contributed by atoms with Gasteiger partial charge in [-0.2, -0.15) is 0 Å². The van der Waals surface area contributed by atoms with Crippen LogP contribution in [0.25, 0.3) is 21.5 Å². The summed E-state index contributed by atoms with van der Waals surface area (Å²) >= 11 is 1.58. The van der Waals surface area contributed by atoms with Crippen molar-refractivity contribution in [3.63, 3.8) is 0 Å². The number of hydrogen-bond donors (Lipinski definition) is 1. The standard InChI is InChI=1S/C31H39N5O3S/c1-21(22-10-5-4-6-11-22)32-31(39)29-23-12-7-8-13-25(23)33-30(26-14-9-17-40-26)24(29)18-36-16-15-35(20-28(36)38)19-27(37)34(2)3/h7-9,12-14,17,21-22H,4-6,10-11,15-16,18-20H2,1-3H3,(H,32,39)/t21-/m0/s1. The van der Waals surface area contributed by atoms with Crippen molar-refractivity contribution in [3.05, 3.63) is 52.9 Å². The van der Waals surface area contributed by atoms with Gasteiger partial charge in [0, 0.05) is 50.7 Å². The lowest BCUT2D eigenvalue weighted by Gasteiger charge is -2.35. The highest BCUT2D eigenvalue weighted by Gasteiger charge is 2.31. The van der Waals surface area contributed by atoms with Crippen molar-refractivity contribution in [1.82, 2.24) is 25.0 Å². The Bertz CT molecular complexity index is 1370. The number of thiophene rings is 1. The molecule has 1 N–H and O–H groups in total.